The summed E-state index contributed by atoms with van der Waals surface area (Å²) >= 11 is 6.09. The molecule has 0 spiro atoms. The van der Waals surface area contributed by atoms with Crippen LogP contribution in [0.5, 0.6) is 0 Å². The van der Waals surface area contributed by atoms with Gasteiger partial charge in [-0.05, 0) is 30.9 Å². The second-order valence-corrected chi connectivity index (χ2v) is 5.60. The van der Waals surface area contributed by atoms with Crippen LogP contribution in [0.25, 0.3) is 0 Å². The zero-order valence-corrected chi connectivity index (χ0v) is 12.6. The highest BCUT2D eigenvalue weighted by Crippen LogP contribution is 2.28. The van der Waals surface area contributed by atoms with Crippen LogP contribution in [-0.4, -0.2) is 9.78 Å². The normalized spacial score (nSPS) is 12.9. The van der Waals surface area contributed by atoms with E-state index in [4.69, 9.17) is 17.3 Å². The predicted octanol–water partition coefficient (Wildman–Crippen LogP) is 4.16. The summed E-state index contributed by atoms with van der Waals surface area (Å²) in [6.07, 6.45) is 0. The third-order valence-electron chi connectivity index (χ3n) is 3.50. The molecular formula is C15H20ClN3. The number of nitrogen functional groups attached to an aromatic ring is 1. The van der Waals surface area contributed by atoms with E-state index in [-0.39, 0.29) is 6.04 Å². The van der Waals surface area contributed by atoms with E-state index < -0.39 is 0 Å². The number of halogens is 1. The molecule has 102 valence electrons. The Morgan fingerprint density at radius 1 is 1.11 bits per heavy atom. The van der Waals surface area contributed by atoms with Crippen molar-refractivity contribution in [3.8, 4) is 0 Å². The summed E-state index contributed by atoms with van der Waals surface area (Å²) < 4.78 is 1.78. The Bertz CT molecular complexity index is 570. The molecule has 0 aliphatic heterocycles. The Balaban J connectivity index is 2.33. The van der Waals surface area contributed by atoms with Gasteiger partial charge < -0.3 is 5.73 Å². The van der Waals surface area contributed by atoms with E-state index in [1.165, 1.54) is 11.1 Å². The van der Waals surface area contributed by atoms with Gasteiger partial charge in [-0.2, -0.15) is 5.10 Å². The van der Waals surface area contributed by atoms with Crippen LogP contribution in [0.1, 0.15) is 49.6 Å². The first-order valence-electron chi connectivity index (χ1n) is 6.51. The summed E-state index contributed by atoms with van der Waals surface area (Å²) in [7, 11) is 0. The maximum Gasteiger partial charge on any atom is 0.141 e. The fraction of sp³-hybridized carbons (Fsp3) is 0.400. The molecule has 0 saturated carbocycles. The lowest BCUT2D eigenvalue weighted by Gasteiger charge is -2.15. The Morgan fingerprint density at radius 2 is 1.63 bits per heavy atom. The summed E-state index contributed by atoms with van der Waals surface area (Å²) in [5.74, 6) is 1.07. The van der Waals surface area contributed by atoms with Gasteiger partial charge in [0.2, 0.25) is 0 Å². The third kappa shape index (κ3) is 2.61. The van der Waals surface area contributed by atoms with Crippen molar-refractivity contribution in [2.45, 2.75) is 39.7 Å². The maximum absolute atomic E-state index is 6.09. The number of anilines is 1. The molecule has 0 saturated heterocycles. The number of aryl methyl sites for hydroxylation is 1. The fourth-order valence-corrected chi connectivity index (χ4v) is 2.27. The predicted molar refractivity (Wildman–Crippen MR) is 80.7 cm³/mol. The smallest absolute Gasteiger partial charge is 0.141 e. The minimum absolute atomic E-state index is 0.0763. The molecule has 1 heterocycles. The fourth-order valence-electron chi connectivity index (χ4n) is 2.14. The number of aromatic nitrogens is 2. The van der Waals surface area contributed by atoms with Gasteiger partial charge in [0.1, 0.15) is 10.8 Å². The van der Waals surface area contributed by atoms with Gasteiger partial charge >= 0.3 is 0 Å². The molecule has 0 amide bonds. The van der Waals surface area contributed by atoms with Crippen LogP contribution in [0, 0.1) is 6.92 Å². The van der Waals surface area contributed by atoms with Gasteiger partial charge in [-0.25, -0.2) is 4.68 Å². The zero-order valence-electron chi connectivity index (χ0n) is 11.8. The Hall–Kier alpha value is -1.48. The molecule has 2 aromatic rings. The summed E-state index contributed by atoms with van der Waals surface area (Å²) in [4.78, 5) is 0. The van der Waals surface area contributed by atoms with E-state index >= 15 is 0 Å². The van der Waals surface area contributed by atoms with Crippen LogP contribution in [0.4, 0.5) is 5.82 Å². The van der Waals surface area contributed by atoms with Crippen LogP contribution >= 0.6 is 11.6 Å². The molecule has 1 aromatic carbocycles. The molecule has 0 fully saturated rings. The maximum atomic E-state index is 6.09. The second kappa shape index (κ2) is 5.25. The Kier molecular flexibility index (Phi) is 3.85. The molecule has 2 N–H and O–H groups in total. The van der Waals surface area contributed by atoms with Gasteiger partial charge in [0, 0.05) is 0 Å². The zero-order chi connectivity index (χ0) is 14.2. The number of benzene rings is 1. The topological polar surface area (TPSA) is 43.8 Å². The first-order chi connectivity index (χ1) is 8.91. The molecule has 4 heteroatoms. The van der Waals surface area contributed by atoms with E-state index in [9.17, 15) is 0 Å². The molecule has 0 bridgehead atoms. The number of rotatable bonds is 3. The molecule has 0 radical (unpaired) electrons. The van der Waals surface area contributed by atoms with Crippen molar-refractivity contribution in [1.29, 1.82) is 0 Å². The molecule has 3 nitrogen and oxygen atoms in total. The first-order valence-corrected chi connectivity index (χ1v) is 6.89. The lowest BCUT2D eigenvalue weighted by Crippen LogP contribution is -2.11. The van der Waals surface area contributed by atoms with Crippen molar-refractivity contribution in [3.05, 3.63) is 46.1 Å². The number of nitrogens with two attached hydrogens (primary N) is 1. The molecule has 1 atom stereocenters. The Labute approximate surface area is 119 Å². The van der Waals surface area contributed by atoms with Crippen LogP contribution in [0.15, 0.2) is 24.3 Å². The van der Waals surface area contributed by atoms with Gasteiger partial charge in [-0.3, -0.25) is 0 Å². The van der Waals surface area contributed by atoms with Gasteiger partial charge in [-0.1, -0.05) is 49.7 Å². The van der Waals surface area contributed by atoms with E-state index in [1.807, 2.05) is 6.92 Å². The SMILES string of the molecule is Cc1nn(C(C)c2ccc(C(C)C)cc2)c(N)c1Cl. The minimum Gasteiger partial charge on any atom is -0.383 e. The van der Waals surface area contributed by atoms with E-state index in [0.717, 1.165) is 5.69 Å². The van der Waals surface area contributed by atoms with E-state index in [0.29, 0.717) is 16.8 Å². The Morgan fingerprint density at radius 3 is 2.05 bits per heavy atom. The minimum atomic E-state index is 0.0763. The van der Waals surface area contributed by atoms with Gasteiger partial charge in [0.15, 0.2) is 0 Å². The van der Waals surface area contributed by atoms with Crippen molar-refractivity contribution in [3.63, 3.8) is 0 Å². The molecule has 2 rings (SSSR count). The van der Waals surface area contributed by atoms with E-state index in [2.05, 4.69) is 50.1 Å². The van der Waals surface area contributed by atoms with Crippen molar-refractivity contribution in [2.75, 3.05) is 5.73 Å². The van der Waals surface area contributed by atoms with E-state index in [1.54, 1.807) is 4.68 Å². The lowest BCUT2D eigenvalue weighted by molar-refractivity contribution is 0.568. The summed E-state index contributed by atoms with van der Waals surface area (Å²) in [6, 6.07) is 8.65. The van der Waals surface area contributed by atoms with Crippen molar-refractivity contribution in [2.24, 2.45) is 0 Å². The van der Waals surface area contributed by atoms with Crippen LogP contribution in [0.2, 0.25) is 5.02 Å². The lowest BCUT2D eigenvalue weighted by atomic mass is 10.00. The molecule has 0 aliphatic rings. The number of hydrogen-bond acceptors (Lipinski definition) is 2. The second-order valence-electron chi connectivity index (χ2n) is 5.23. The van der Waals surface area contributed by atoms with Crippen LogP contribution in [0.3, 0.4) is 0 Å². The van der Waals surface area contributed by atoms with Gasteiger partial charge in [0.25, 0.3) is 0 Å². The molecule has 19 heavy (non-hydrogen) atoms. The molecule has 1 aromatic heterocycles. The molecular weight excluding hydrogens is 258 g/mol. The van der Waals surface area contributed by atoms with Crippen LogP contribution < -0.4 is 5.73 Å². The first kappa shape index (κ1) is 13.9. The quantitative estimate of drug-likeness (QED) is 0.915. The highest BCUT2D eigenvalue weighted by atomic mass is 35.5. The average Bonchev–Trinajstić information content (AvgIpc) is 2.66. The highest BCUT2D eigenvalue weighted by molar-refractivity contribution is 6.33. The standard InChI is InChI=1S/C15H20ClN3/c1-9(2)12-5-7-13(8-6-12)11(4)19-15(17)14(16)10(3)18-19/h5-9,11H,17H2,1-4H3. The summed E-state index contributed by atoms with van der Waals surface area (Å²) in [5, 5.41) is 4.95. The largest absolute Gasteiger partial charge is 0.383 e. The summed E-state index contributed by atoms with van der Waals surface area (Å²) in [5.41, 5.74) is 9.26. The summed E-state index contributed by atoms with van der Waals surface area (Å²) in [6.45, 7) is 8.31. The third-order valence-corrected chi connectivity index (χ3v) is 3.97. The average molecular weight is 278 g/mol. The van der Waals surface area contributed by atoms with Crippen LogP contribution in [-0.2, 0) is 0 Å². The molecule has 0 aliphatic carbocycles. The van der Waals surface area contributed by atoms with Gasteiger partial charge in [-0.15, -0.1) is 0 Å². The van der Waals surface area contributed by atoms with Crippen molar-refractivity contribution >= 4 is 17.4 Å². The highest BCUT2D eigenvalue weighted by Gasteiger charge is 2.16. The number of hydrogen-bond donors (Lipinski definition) is 1. The monoisotopic (exact) mass is 277 g/mol. The van der Waals surface area contributed by atoms with Crippen molar-refractivity contribution in [1.82, 2.24) is 9.78 Å². The molecule has 1 unspecified atom stereocenters. The number of nitrogens with zero attached hydrogens (tertiary/aromatic N) is 2. The van der Waals surface area contributed by atoms with Gasteiger partial charge in [0.05, 0.1) is 11.7 Å². The van der Waals surface area contributed by atoms with Crippen molar-refractivity contribution < 1.29 is 0 Å².